The average molecular weight is 402 g/mol. The molecule has 148 valence electrons. The van der Waals surface area contributed by atoms with Crippen LogP contribution in [0.25, 0.3) is 0 Å². The van der Waals surface area contributed by atoms with Crippen molar-refractivity contribution in [2.24, 2.45) is 0 Å². The van der Waals surface area contributed by atoms with Crippen molar-refractivity contribution in [3.63, 3.8) is 0 Å². The lowest BCUT2D eigenvalue weighted by Crippen LogP contribution is -2.45. The van der Waals surface area contributed by atoms with Crippen molar-refractivity contribution in [3.05, 3.63) is 58.6 Å². The molecule has 2 aliphatic rings. The van der Waals surface area contributed by atoms with Crippen LogP contribution in [0.4, 0.5) is 0 Å². The van der Waals surface area contributed by atoms with E-state index in [9.17, 15) is 4.79 Å². The number of nitrogens with zero attached hydrogens (tertiary/aromatic N) is 1. The summed E-state index contributed by atoms with van der Waals surface area (Å²) >= 11 is 6.10. The topological polar surface area (TPSA) is 62.8 Å². The molecule has 0 saturated carbocycles. The summed E-state index contributed by atoms with van der Waals surface area (Å²) in [5.41, 5.74) is 8.40. The molecule has 2 aromatic rings. The quantitative estimate of drug-likeness (QED) is 0.806. The maximum Gasteiger partial charge on any atom is 0.241 e. The second kappa shape index (κ2) is 8.39. The van der Waals surface area contributed by atoms with Crippen LogP contribution < -0.4 is 20.3 Å². The van der Waals surface area contributed by atoms with Gasteiger partial charge in [-0.15, -0.1) is 0 Å². The highest BCUT2D eigenvalue weighted by Gasteiger charge is 2.33. The van der Waals surface area contributed by atoms with E-state index in [-0.39, 0.29) is 18.0 Å². The van der Waals surface area contributed by atoms with Crippen LogP contribution in [-0.4, -0.2) is 36.6 Å². The second-order valence-corrected chi connectivity index (χ2v) is 7.41. The monoisotopic (exact) mass is 401 g/mol. The SMILES string of the molecule is CCN(Cc1cccc2c1OCCO2)C(=O)C1CC(c2cccc(Cl)c2)NN1. The number of carbonyl (C=O) groups excluding carboxylic acids is 1. The number of likely N-dealkylation sites (N-methyl/N-ethyl adjacent to an activating group) is 1. The fraction of sp³-hybridized carbons (Fsp3) is 0.381. The van der Waals surface area contributed by atoms with Crippen molar-refractivity contribution in [3.8, 4) is 11.5 Å². The number of para-hydroxylation sites is 1. The molecule has 0 spiro atoms. The first-order valence-corrected chi connectivity index (χ1v) is 9.96. The highest BCUT2D eigenvalue weighted by Crippen LogP contribution is 2.34. The third kappa shape index (κ3) is 3.94. The maximum absolute atomic E-state index is 13.1. The number of carbonyl (C=O) groups is 1. The number of ether oxygens (including phenoxy) is 2. The summed E-state index contributed by atoms with van der Waals surface area (Å²) in [4.78, 5) is 15.0. The van der Waals surface area contributed by atoms with Gasteiger partial charge in [0.05, 0.1) is 0 Å². The smallest absolute Gasteiger partial charge is 0.241 e. The minimum atomic E-state index is -0.291. The standard InChI is InChI=1S/C21H24ClN3O3/c1-2-25(13-15-6-4-8-19-20(15)28-10-9-27-19)21(26)18-12-17(23-24-18)14-5-3-7-16(22)11-14/h3-8,11,17-18,23-24H,2,9-10,12-13H2,1H3. The second-order valence-electron chi connectivity index (χ2n) is 6.98. The number of nitrogens with one attached hydrogen (secondary N) is 2. The molecule has 28 heavy (non-hydrogen) atoms. The number of halogens is 1. The Morgan fingerprint density at radius 1 is 1.18 bits per heavy atom. The van der Waals surface area contributed by atoms with Crippen LogP contribution in [0.1, 0.15) is 30.5 Å². The maximum atomic E-state index is 13.1. The molecule has 1 saturated heterocycles. The van der Waals surface area contributed by atoms with Gasteiger partial charge in [0.25, 0.3) is 0 Å². The van der Waals surface area contributed by atoms with Gasteiger partial charge in [0, 0.05) is 29.7 Å². The van der Waals surface area contributed by atoms with E-state index in [1.54, 1.807) is 0 Å². The van der Waals surface area contributed by atoms with Gasteiger partial charge in [-0.3, -0.25) is 4.79 Å². The molecule has 0 bridgehead atoms. The summed E-state index contributed by atoms with van der Waals surface area (Å²) in [6.45, 7) is 4.17. The predicted molar refractivity (Wildman–Crippen MR) is 107 cm³/mol. The van der Waals surface area contributed by atoms with E-state index in [4.69, 9.17) is 21.1 Å². The van der Waals surface area contributed by atoms with Crippen molar-refractivity contribution in [1.29, 1.82) is 0 Å². The molecule has 2 atom stereocenters. The molecule has 1 fully saturated rings. The predicted octanol–water partition coefficient (Wildman–Crippen LogP) is 3.07. The molecular formula is C21H24ClN3O3. The van der Waals surface area contributed by atoms with Gasteiger partial charge in [0.15, 0.2) is 11.5 Å². The third-order valence-corrected chi connectivity index (χ3v) is 5.39. The molecule has 2 heterocycles. The van der Waals surface area contributed by atoms with Crippen LogP contribution in [0.3, 0.4) is 0 Å². The largest absolute Gasteiger partial charge is 0.486 e. The fourth-order valence-electron chi connectivity index (χ4n) is 3.69. The van der Waals surface area contributed by atoms with Crippen molar-refractivity contribution in [2.45, 2.75) is 32.0 Å². The summed E-state index contributed by atoms with van der Waals surface area (Å²) in [6.07, 6.45) is 0.669. The number of hydrogen-bond acceptors (Lipinski definition) is 5. The first-order valence-electron chi connectivity index (χ1n) is 9.58. The van der Waals surface area contributed by atoms with Crippen LogP contribution in [-0.2, 0) is 11.3 Å². The Bertz CT molecular complexity index is 861. The molecule has 2 unspecified atom stereocenters. The number of benzene rings is 2. The van der Waals surface area contributed by atoms with Crippen LogP contribution in [0.5, 0.6) is 11.5 Å². The summed E-state index contributed by atoms with van der Waals surface area (Å²) in [6, 6.07) is 13.3. The van der Waals surface area contributed by atoms with Crippen molar-refractivity contribution in [1.82, 2.24) is 15.8 Å². The number of amides is 1. The molecule has 0 aromatic heterocycles. The van der Waals surface area contributed by atoms with Gasteiger partial charge in [0.2, 0.25) is 5.91 Å². The summed E-state index contributed by atoms with van der Waals surface area (Å²) in [5.74, 6) is 1.55. The fourth-order valence-corrected chi connectivity index (χ4v) is 3.89. The lowest BCUT2D eigenvalue weighted by molar-refractivity contribution is -0.133. The first-order chi connectivity index (χ1) is 13.7. The van der Waals surface area contributed by atoms with Gasteiger partial charge in [-0.2, -0.15) is 0 Å². The Morgan fingerprint density at radius 3 is 2.82 bits per heavy atom. The molecule has 6 nitrogen and oxygen atoms in total. The van der Waals surface area contributed by atoms with Gasteiger partial charge in [-0.05, 0) is 37.1 Å². The molecule has 2 aliphatic heterocycles. The zero-order valence-corrected chi connectivity index (χ0v) is 16.5. The van der Waals surface area contributed by atoms with E-state index in [1.165, 1.54) is 0 Å². The van der Waals surface area contributed by atoms with E-state index in [2.05, 4.69) is 10.9 Å². The number of rotatable bonds is 5. The van der Waals surface area contributed by atoms with E-state index in [0.717, 1.165) is 22.6 Å². The zero-order valence-electron chi connectivity index (χ0n) is 15.8. The van der Waals surface area contributed by atoms with Gasteiger partial charge in [-0.1, -0.05) is 35.9 Å². The Labute approximate surface area is 169 Å². The van der Waals surface area contributed by atoms with Crippen molar-refractivity contribution < 1.29 is 14.3 Å². The van der Waals surface area contributed by atoms with Gasteiger partial charge in [-0.25, -0.2) is 10.9 Å². The lowest BCUT2D eigenvalue weighted by atomic mass is 10.0. The van der Waals surface area contributed by atoms with Crippen LogP contribution >= 0.6 is 11.6 Å². The average Bonchev–Trinajstić information content (AvgIpc) is 3.22. The van der Waals surface area contributed by atoms with Crippen molar-refractivity contribution >= 4 is 17.5 Å². The van der Waals surface area contributed by atoms with Gasteiger partial charge < -0.3 is 14.4 Å². The van der Waals surface area contributed by atoms with E-state index >= 15 is 0 Å². The zero-order chi connectivity index (χ0) is 19.5. The summed E-state index contributed by atoms with van der Waals surface area (Å²) in [5, 5.41) is 0.695. The lowest BCUT2D eigenvalue weighted by Gasteiger charge is -2.27. The van der Waals surface area contributed by atoms with Crippen LogP contribution in [0, 0.1) is 0 Å². The Morgan fingerprint density at radius 2 is 2.00 bits per heavy atom. The molecule has 7 heteroatoms. The van der Waals surface area contributed by atoms with Crippen LogP contribution in [0.15, 0.2) is 42.5 Å². The summed E-state index contributed by atoms with van der Waals surface area (Å²) in [7, 11) is 0. The van der Waals surface area contributed by atoms with Gasteiger partial charge in [0.1, 0.15) is 19.3 Å². The van der Waals surface area contributed by atoms with E-state index in [0.29, 0.717) is 37.7 Å². The van der Waals surface area contributed by atoms with Gasteiger partial charge >= 0.3 is 0 Å². The molecule has 2 N–H and O–H groups in total. The Hall–Kier alpha value is -2.28. The number of hydrogen-bond donors (Lipinski definition) is 2. The number of fused-ring (bicyclic) bond motifs is 1. The normalized spacial score (nSPS) is 20.8. The minimum Gasteiger partial charge on any atom is -0.486 e. The molecule has 0 radical (unpaired) electrons. The molecule has 0 aliphatic carbocycles. The highest BCUT2D eigenvalue weighted by atomic mass is 35.5. The minimum absolute atomic E-state index is 0.0487. The van der Waals surface area contributed by atoms with E-state index in [1.807, 2.05) is 54.3 Å². The Kier molecular flexibility index (Phi) is 5.71. The number of hydrazine groups is 1. The molecule has 4 rings (SSSR count). The first kappa shape index (κ1) is 19.1. The Balaban J connectivity index is 1.45. The third-order valence-electron chi connectivity index (χ3n) is 5.15. The van der Waals surface area contributed by atoms with Crippen LogP contribution in [0.2, 0.25) is 5.02 Å². The summed E-state index contributed by atoms with van der Waals surface area (Å²) < 4.78 is 11.4. The molecule has 1 amide bonds. The molecular weight excluding hydrogens is 378 g/mol. The molecule has 2 aromatic carbocycles. The van der Waals surface area contributed by atoms with E-state index < -0.39 is 0 Å². The highest BCUT2D eigenvalue weighted by molar-refractivity contribution is 6.30. The van der Waals surface area contributed by atoms with Crippen molar-refractivity contribution in [2.75, 3.05) is 19.8 Å².